The van der Waals surface area contributed by atoms with Gasteiger partial charge in [-0.1, -0.05) is 24.3 Å². The van der Waals surface area contributed by atoms with E-state index in [1.54, 1.807) is 24.3 Å². The molecule has 0 saturated carbocycles. The van der Waals surface area contributed by atoms with Gasteiger partial charge in [0.1, 0.15) is 11.4 Å². The minimum Gasteiger partial charge on any atom is -0.328 e. The molecule has 0 spiro atoms. The maximum absolute atomic E-state index is 12.7. The first-order chi connectivity index (χ1) is 24.4. The number of fused-ring (bicyclic) bond motifs is 2. The van der Waals surface area contributed by atoms with Crippen LogP contribution in [0.2, 0.25) is 0 Å². The molecule has 4 amide bonds. The predicted molar refractivity (Wildman–Crippen MR) is 209 cm³/mol. The highest BCUT2D eigenvalue weighted by Gasteiger charge is 2.36. The molecule has 3 aromatic rings. The third kappa shape index (κ3) is 8.86. The quantitative estimate of drug-likeness (QED) is 0.136. The summed E-state index contributed by atoms with van der Waals surface area (Å²) in [5.74, 6) is -0.692. The molecular formula is C42H60N6O4+4. The van der Waals surface area contributed by atoms with Gasteiger partial charge >= 0.3 is 0 Å². The summed E-state index contributed by atoms with van der Waals surface area (Å²) in [5.41, 5.74) is 4.65. The van der Waals surface area contributed by atoms with Crippen LogP contribution in [0.25, 0.3) is 0 Å². The zero-order chi connectivity index (χ0) is 37.9. The van der Waals surface area contributed by atoms with E-state index >= 15 is 0 Å². The summed E-state index contributed by atoms with van der Waals surface area (Å²) in [4.78, 5) is 53.7. The van der Waals surface area contributed by atoms with Crippen molar-refractivity contribution in [3.05, 3.63) is 95.1 Å². The van der Waals surface area contributed by atoms with Crippen molar-refractivity contribution < 1.29 is 28.1 Å². The molecule has 10 heteroatoms. The van der Waals surface area contributed by atoms with Crippen molar-refractivity contribution in [3.63, 3.8) is 0 Å². The second kappa shape index (κ2) is 15.4. The van der Waals surface area contributed by atoms with Crippen LogP contribution < -0.4 is 8.97 Å². The predicted octanol–water partition coefficient (Wildman–Crippen LogP) is 5.13. The number of hydrogen-bond acceptors (Lipinski definition) is 4. The van der Waals surface area contributed by atoms with Gasteiger partial charge in [0, 0.05) is 63.0 Å². The van der Waals surface area contributed by atoms with E-state index in [0.717, 1.165) is 82.9 Å². The maximum Gasteiger partial charge on any atom is 0.261 e. The highest BCUT2D eigenvalue weighted by atomic mass is 16.2. The number of benzene rings is 3. The molecule has 10 nitrogen and oxygen atoms in total. The molecule has 0 fully saturated rings. The van der Waals surface area contributed by atoms with Crippen LogP contribution in [0, 0.1) is 0 Å². The normalized spacial score (nSPS) is 15.2. The Kier molecular flexibility index (Phi) is 11.6. The molecule has 3 aromatic carbocycles. The molecule has 2 heterocycles. The lowest BCUT2D eigenvalue weighted by atomic mass is 10.1. The Morgan fingerprint density at radius 3 is 0.942 bits per heavy atom. The molecule has 0 bridgehead atoms. The van der Waals surface area contributed by atoms with Crippen molar-refractivity contribution in [1.29, 1.82) is 0 Å². The average molecular weight is 713 g/mol. The first-order valence-electron chi connectivity index (χ1n) is 18.7. The number of carbonyl (C=O) groups excluding carboxylic acids is 4. The highest BCUT2D eigenvalue weighted by molar-refractivity contribution is 6.22. The number of hydrogen-bond donors (Lipinski definition) is 0. The number of carbonyl (C=O) groups is 4. The van der Waals surface area contributed by atoms with Gasteiger partial charge in [0.05, 0.1) is 118 Å². The number of imide groups is 2. The van der Waals surface area contributed by atoms with Crippen LogP contribution in [-0.4, -0.2) is 151 Å². The van der Waals surface area contributed by atoms with Gasteiger partial charge in [0.25, 0.3) is 23.6 Å². The smallest absolute Gasteiger partial charge is 0.261 e. The Bertz CT molecular complexity index is 1600. The van der Waals surface area contributed by atoms with Crippen molar-refractivity contribution in [3.8, 4) is 0 Å². The zero-order valence-electron chi connectivity index (χ0n) is 32.7. The minimum absolute atomic E-state index is 0.173. The fraction of sp³-hybridized carbons (Fsp3) is 0.476. The van der Waals surface area contributed by atoms with E-state index in [4.69, 9.17) is 0 Å². The van der Waals surface area contributed by atoms with Gasteiger partial charge in [-0.3, -0.25) is 37.9 Å². The van der Waals surface area contributed by atoms with Crippen molar-refractivity contribution in [2.45, 2.75) is 25.7 Å². The monoisotopic (exact) mass is 712 g/mol. The molecule has 278 valence electrons. The average Bonchev–Trinajstić information content (AvgIpc) is 3.48. The van der Waals surface area contributed by atoms with Crippen LogP contribution in [0.5, 0.6) is 0 Å². The number of amides is 4. The Morgan fingerprint density at radius 1 is 0.385 bits per heavy atom. The number of nitrogens with zero attached hydrogens (tertiary/aromatic N) is 6. The van der Waals surface area contributed by atoms with E-state index in [1.807, 2.05) is 24.3 Å². The maximum atomic E-state index is 12.7. The van der Waals surface area contributed by atoms with E-state index in [2.05, 4.69) is 80.6 Å². The molecule has 0 unspecified atom stereocenters. The lowest BCUT2D eigenvalue weighted by molar-refractivity contribution is -0.890. The zero-order valence-corrected chi connectivity index (χ0v) is 32.7. The van der Waals surface area contributed by atoms with Gasteiger partial charge in [0.2, 0.25) is 0 Å². The van der Waals surface area contributed by atoms with E-state index in [9.17, 15) is 19.2 Å². The second-order valence-electron chi connectivity index (χ2n) is 17.1. The third-order valence-electron chi connectivity index (χ3n) is 11.3. The molecule has 5 rings (SSSR count). The van der Waals surface area contributed by atoms with Gasteiger partial charge in [-0.05, 0) is 24.3 Å². The Labute approximate surface area is 310 Å². The van der Waals surface area contributed by atoms with Gasteiger partial charge in [-0.15, -0.1) is 0 Å². The standard InChI is InChI=1S/C42H60N6O4/c1-45(2,27-13-25-43-39(49)35-17-9-10-18-36(35)40(43)50)29-15-31-47(5,6)33-21-23-34(24-22-33)48(7,8)32-16-30-46(3,4)28-14-26-44-41(51)37-19-11-12-20-38(37)42(44)52/h9-12,17-24H,13-16,25-32H2,1-8H3/q+4. The topological polar surface area (TPSA) is 74.8 Å². The molecule has 0 saturated heterocycles. The molecule has 2 aliphatic heterocycles. The molecule has 0 N–H and O–H groups in total. The number of quaternary nitrogens is 4. The van der Waals surface area contributed by atoms with Crippen LogP contribution in [-0.2, 0) is 0 Å². The summed E-state index contributed by atoms with van der Waals surface area (Å²) in [6, 6.07) is 23.3. The van der Waals surface area contributed by atoms with Crippen molar-refractivity contribution in [2.24, 2.45) is 0 Å². The van der Waals surface area contributed by atoms with Crippen LogP contribution >= 0.6 is 0 Å². The first kappa shape index (κ1) is 39.0. The van der Waals surface area contributed by atoms with Crippen LogP contribution in [0.3, 0.4) is 0 Å². The fourth-order valence-corrected chi connectivity index (χ4v) is 7.73. The molecule has 0 aliphatic carbocycles. The van der Waals surface area contributed by atoms with Gasteiger partial charge in [-0.25, -0.2) is 0 Å². The van der Waals surface area contributed by atoms with Gasteiger partial charge < -0.3 is 8.97 Å². The molecule has 0 radical (unpaired) electrons. The summed E-state index contributed by atoms with van der Waals surface area (Å²) in [7, 11) is 18.0. The van der Waals surface area contributed by atoms with E-state index in [-0.39, 0.29) is 23.6 Å². The van der Waals surface area contributed by atoms with Crippen molar-refractivity contribution in [1.82, 2.24) is 18.8 Å². The van der Waals surface area contributed by atoms with Gasteiger partial charge in [-0.2, -0.15) is 0 Å². The Balaban J connectivity index is 1.02. The highest BCUT2D eigenvalue weighted by Crippen LogP contribution is 2.28. The lowest BCUT2D eigenvalue weighted by Gasteiger charge is -2.35. The van der Waals surface area contributed by atoms with Crippen molar-refractivity contribution >= 4 is 35.0 Å². The molecule has 52 heavy (non-hydrogen) atoms. The van der Waals surface area contributed by atoms with Crippen LogP contribution in [0.15, 0.2) is 72.8 Å². The number of rotatable bonds is 18. The summed E-state index contributed by atoms with van der Waals surface area (Å²) >= 11 is 0. The first-order valence-corrected chi connectivity index (χ1v) is 18.7. The SMILES string of the molecule is C[N+](C)(CCCN1C(=O)c2ccccc2C1=O)CCC[N+](C)(C)c1ccc([N+](C)(C)CCC[N+](C)(C)CCCN2C(=O)c3ccccc3C2=O)cc1. The Morgan fingerprint density at radius 2 is 0.654 bits per heavy atom. The summed E-state index contributed by atoms with van der Waals surface area (Å²) in [6.07, 6.45) is 3.67. The fourth-order valence-electron chi connectivity index (χ4n) is 7.73. The van der Waals surface area contributed by atoms with E-state index < -0.39 is 0 Å². The molecule has 0 atom stereocenters. The van der Waals surface area contributed by atoms with Crippen LogP contribution in [0.1, 0.15) is 67.1 Å². The molecule has 2 aliphatic rings. The van der Waals surface area contributed by atoms with Crippen molar-refractivity contribution in [2.75, 3.05) is 109 Å². The lowest BCUT2D eigenvalue weighted by Crippen LogP contribution is -2.47. The molecular weight excluding hydrogens is 653 g/mol. The summed E-state index contributed by atoms with van der Waals surface area (Å²) in [6.45, 7) is 6.76. The summed E-state index contributed by atoms with van der Waals surface area (Å²) in [5, 5.41) is 0. The van der Waals surface area contributed by atoms with Crippen LogP contribution in [0.4, 0.5) is 11.4 Å². The second-order valence-corrected chi connectivity index (χ2v) is 17.1. The minimum atomic E-state index is -0.173. The third-order valence-corrected chi connectivity index (χ3v) is 11.3. The van der Waals surface area contributed by atoms with E-state index in [1.165, 1.54) is 21.2 Å². The summed E-state index contributed by atoms with van der Waals surface area (Å²) < 4.78 is 3.29. The largest absolute Gasteiger partial charge is 0.328 e. The van der Waals surface area contributed by atoms with E-state index in [0.29, 0.717) is 35.3 Å². The molecule has 0 aromatic heterocycles. The Hall–Kier alpha value is -4.22. The van der Waals surface area contributed by atoms with Gasteiger partial charge in [0.15, 0.2) is 0 Å².